The van der Waals surface area contributed by atoms with Crippen molar-refractivity contribution < 1.29 is 23.4 Å². The first kappa shape index (κ1) is 19.9. The molecule has 0 radical (unpaired) electrons. The molecule has 0 aromatic rings. The van der Waals surface area contributed by atoms with Gasteiger partial charge in [-0.1, -0.05) is 57.6 Å². The summed E-state index contributed by atoms with van der Waals surface area (Å²) in [7, 11) is -7.45. The quantitative estimate of drug-likeness (QED) is 0.285. The summed E-state index contributed by atoms with van der Waals surface area (Å²) >= 11 is 0. The normalized spacial score (nSPS) is 13.1. The highest BCUT2D eigenvalue weighted by Crippen LogP contribution is 2.62. The molecule has 0 aliphatic heterocycles. The van der Waals surface area contributed by atoms with E-state index in [1.165, 1.54) is 44.9 Å². The van der Waals surface area contributed by atoms with Crippen LogP contribution in [0.5, 0.6) is 0 Å². The van der Waals surface area contributed by atoms with Crippen molar-refractivity contribution in [2.45, 2.75) is 64.7 Å². The van der Waals surface area contributed by atoms with Gasteiger partial charge in [0.05, 0.1) is 0 Å². The second kappa shape index (κ2) is 12.7. The summed E-state index contributed by atoms with van der Waals surface area (Å²) in [4.78, 5) is 17.1. The summed E-state index contributed by atoms with van der Waals surface area (Å²) in [5.41, 5.74) is 0. The molecule has 5 nitrogen and oxygen atoms in total. The van der Waals surface area contributed by atoms with Crippen molar-refractivity contribution in [2.75, 3.05) is 6.61 Å². The van der Waals surface area contributed by atoms with E-state index in [1.807, 2.05) is 12.2 Å². The molecule has 7 heteroatoms. The zero-order chi connectivity index (χ0) is 15.3. The molecule has 0 aliphatic rings. The van der Waals surface area contributed by atoms with Gasteiger partial charge in [0.15, 0.2) is 0 Å². The molecule has 0 bridgehead atoms. The Morgan fingerprint density at radius 3 is 2.15 bits per heavy atom. The molecule has 0 amide bonds. The van der Waals surface area contributed by atoms with E-state index in [9.17, 15) is 9.13 Å². The van der Waals surface area contributed by atoms with Crippen molar-refractivity contribution in [1.82, 2.24) is 0 Å². The van der Waals surface area contributed by atoms with Crippen LogP contribution in [0.25, 0.3) is 0 Å². The van der Waals surface area contributed by atoms with E-state index in [2.05, 4.69) is 11.4 Å². The van der Waals surface area contributed by atoms with Crippen LogP contribution < -0.4 is 0 Å². The van der Waals surface area contributed by atoms with Gasteiger partial charge < -0.3 is 0 Å². The zero-order valence-electron chi connectivity index (χ0n) is 12.2. The number of unbranched alkanes of at least 4 members (excludes halogenated alkanes) is 7. The zero-order valence-corrected chi connectivity index (χ0v) is 14.0. The molecule has 0 saturated heterocycles. The van der Waals surface area contributed by atoms with Gasteiger partial charge in [0.2, 0.25) is 0 Å². The summed E-state index contributed by atoms with van der Waals surface area (Å²) in [6.07, 6.45) is 14.4. The smallest absolute Gasteiger partial charge is 0.284 e. The monoisotopic (exact) mass is 325 g/mol. The van der Waals surface area contributed by atoms with Crippen LogP contribution in [0, 0.1) is 0 Å². The molecule has 0 spiro atoms. The van der Waals surface area contributed by atoms with Crippen molar-refractivity contribution in [2.24, 2.45) is 0 Å². The van der Waals surface area contributed by atoms with E-state index in [0.717, 1.165) is 6.42 Å². The molecule has 0 aromatic carbocycles. The first-order valence-electron chi connectivity index (χ1n) is 7.29. The molecule has 1 atom stereocenters. The molecule has 20 heavy (non-hydrogen) atoms. The fraction of sp³-hybridized carbons (Fsp3) is 0.846. The predicted molar refractivity (Wildman–Crippen MR) is 82.0 cm³/mol. The summed E-state index contributed by atoms with van der Waals surface area (Å²) in [6.45, 7) is 2.29. The van der Waals surface area contributed by atoms with Crippen LogP contribution in [0.4, 0.5) is 0 Å². The lowest BCUT2D eigenvalue weighted by Gasteiger charge is -1.98. The summed E-state index contributed by atoms with van der Waals surface area (Å²) < 4.78 is 26.0. The first-order valence-corrected chi connectivity index (χ1v) is 10.8. The highest BCUT2D eigenvalue weighted by molar-refractivity contribution is 8.20. The third-order valence-electron chi connectivity index (χ3n) is 2.84. The van der Waals surface area contributed by atoms with Gasteiger partial charge >= 0.3 is 15.0 Å². The van der Waals surface area contributed by atoms with Gasteiger partial charge in [0.1, 0.15) is 6.61 Å². The van der Waals surface area contributed by atoms with Crippen molar-refractivity contribution in [3.05, 3.63) is 12.2 Å². The molecule has 0 aromatic heterocycles. The molecule has 118 valence electrons. The van der Waals surface area contributed by atoms with E-state index in [0.29, 0.717) is 6.42 Å². The van der Waals surface area contributed by atoms with Crippen molar-refractivity contribution in [3.63, 3.8) is 0 Å². The minimum Gasteiger partial charge on any atom is -0.284 e. The molecular weight excluding hydrogens is 298 g/mol. The largest absolute Gasteiger partial charge is 0.622 e. The SMILES string of the molecule is CCCCCCCCCC=CCCO[P+](=O)P(=O)(O)O. The number of hydrogen-bond acceptors (Lipinski definition) is 3. The van der Waals surface area contributed by atoms with Crippen LogP contribution >= 0.6 is 15.0 Å². The number of allylic oxidation sites excluding steroid dienone is 1. The standard InChI is InChI=1S/C13H26O5P2/c1-2-3-4-5-6-7-8-9-10-11-12-13-18-19(14)20(15,16)17/h10-11H,2-9,12-13H2,1H3,(H-,15,16,17)/p+1. The number of rotatable bonds is 13. The second-order valence-electron chi connectivity index (χ2n) is 4.75. The van der Waals surface area contributed by atoms with Gasteiger partial charge in [-0.05, 0) is 23.8 Å². The van der Waals surface area contributed by atoms with Crippen molar-refractivity contribution >= 4 is 15.0 Å². The maximum atomic E-state index is 10.9. The minimum absolute atomic E-state index is 0.0772. The van der Waals surface area contributed by atoms with Gasteiger partial charge in [-0.3, -0.25) is 9.79 Å². The van der Waals surface area contributed by atoms with Gasteiger partial charge in [-0.15, -0.1) is 4.52 Å². The maximum absolute atomic E-state index is 10.9. The maximum Gasteiger partial charge on any atom is 0.622 e. The fourth-order valence-electron chi connectivity index (χ4n) is 1.73. The minimum atomic E-state index is -4.58. The molecule has 0 aliphatic carbocycles. The van der Waals surface area contributed by atoms with Crippen LogP contribution in [0.1, 0.15) is 64.7 Å². The summed E-state index contributed by atoms with van der Waals surface area (Å²) in [5.74, 6) is 0. The van der Waals surface area contributed by atoms with E-state index in [-0.39, 0.29) is 6.61 Å². The average Bonchev–Trinajstić information content (AvgIpc) is 2.38. The lowest BCUT2D eigenvalue weighted by Crippen LogP contribution is -1.84. The Labute approximate surface area is 122 Å². The second-order valence-corrected chi connectivity index (χ2v) is 9.06. The van der Waals surface area contributed by atoms with Gasteiger partial charge in [0.25, 0.3) is 0 Å². The van der Waals surface area contributed by atoms with Gasteiger partial charge in [-0.2, -0.15) is 0 Å². The van der Waals surface area contributed by atoms with Crippen LogP contribution in [0.3, 0.4) is 0 Å². The lowest BCUT2D eigenvalue weighted by atomic mass is 10.1. The fourth-order valence-corrected chi connectivity index (χ4v) is 2.84. The Kier molecular flexibility index (Phi) is 12.6. The third-order valence-corrected chi connectivity index (χ3v) is 5.29. The molecule has 2 N–H and O–H groups in total. The first-order chi connectivity index (χ1) is 9.48. The molecule has 1 unspecified atom stereocenters. The van der Waals surface area contributed by atoms with E-state index in [4.69, 9.17) is 9.79 Å². The molecular formula is C13H27O5P2+. The van der Waals surface area contributed by atoms with Crippen LogP contribution in [0.2, 0.25) is 0 Å². The Morgan fingerprint density at radius 2 is 1.55 bits per heavy atom. The van der Waals surface area contributed by atoms with Crippen LogP contribution in [-0.2, 0) is 13.7 Å². The molecule has 0 rings (SSSR count). The Bertz CT molecular complexity index is 325. The van der Waals surface area contributed by atoms with Gasteiger partial charge in [-0.25, -0.2) is 4.57 Å². The number of hydrogen-bond donors (Lipinski definition) is 2. The van der Waals surface area contributed by atoms with Crippen LogP contribution in [-0.4, -0.2) is 16.4 Å². The summed E-state index contributed by atoms with van der Waals surface area (Å²) in [6, 6.07) is 0. The van der Waals surface area contributed by atoms with Crippen molar-refractivity contribution in [3.8, 4) is 0 Å². The van der Waals surface area contributed by atoms with Crippen molar-refractivity contribution in [1.29, 1.82) is 0 Å². The molecule has 0 saturated carbocycles. The highest BCUT2D eigenvalue weighted by atomic mass is 32.1. The third kappa shape index (κ3) is 13.0. The Morgan fingerprint density at radius 1 is 1.00 bits per heavy atom. The Hall–Kier alpha value is -0.0500. The van der Waals surface area contributed by atoms with E-state index in [1.54, 1.807) is 0 Å². The predicted octanol–water partition coefficient (Wildman–Crippen LogP) is 4.93. The topological polar surface area (TPSA) is 83.8 Å². The van der Waals surface area contributed by atoms with Crippen LogP contribution in [0.15, 0.2) is 12.2 Å². The van der Waals surface area contributed by atoms with Gasteiger partial charge in [0, 0.05) is 0 Å². The molecule has 0 heterocycles. The summed E-state index contributed by atoms with van der Waals surface area (Å²) in [5, 5.41) is 0. The van der Waals surface area contributed by atoms with E-state index >= 15 is 0 Å². The lowest BCUT2D eigenvalue weighted by molar-refractivity contribution is 0.326. The average molecular weight is 325 g/mol. The molecule has 0 fully saturated rings. The highest BCUT2D eigenvalue weighted by Gasteiger charge is 2.43. The Balaban J connectivity index is 3.33. The van der Waals surface area contributed by atoms with E-state index < -0.39 is 15.0 Å².